The van der Waals surface area contributed by atoms with Crippen LogP contribution in [0.2, 0.25) is 0 Å². The lowest BCUT2D eigenvalue weighted by atomic mass is 10.2. The van der Waals surface area contributed by atoms with Crippen molar-refractivity contribution >= 4 is 16.8 Å². The number of hydrogen-bond donors (Lipinski definition) is 2. The van der Waals surface area contributed by atoms with Gasteiger partial charge in [-0.25, -0.2) is 4.98 Å². The van der Waals surface area contributed by atoms with E-state index in [2.05, 4.69) is 4.98 Å². The second-order valence-electron chi connectivity index (χ2n) is 3.55. The molecule has 1 heterocycles. The van der Waals surface area contributed by atoms with E-state index in [4.69, 9.17) is 16.2 Å². The minimum atomic E-state index is -0.532. The van der Waals surface area contributed by atoms with E-state index in [1.807, 2.05) is 6.07 Å². The molecule has 0 radical (unpaired) electrons. The number of rotatable bonds is 4. The number of benzene rings is 1. The number of hydrogen-bond acceptors (Lipinski definition) is 4. The van der Waals surface area contributed by atoms with Crippen molar-refractivity contribution in [1.82, 2.24) is 4.98 Å². The van der Waals surface area contributed by atoms with Crippen molar-refractivity contribution in [1.29, 1.82) is 0 Å². The smallest absolute Gasteiger partial charge is 0.267 e. The molecule has 4 N–H and O–H groups in total. The zero-order valence-corrected chi connectivity index (χ0v) is 9.22. The first-order valence-electron chi connectivity index (χ1n) is 5.24. The van der Waals surface area contributed by atoms with Crippen molar-refractivity contribution in [3.8, 4) is 5.75 Å². The van der Waals surface area contributed by atoms with Gasteiger partial charge in [0.1, 0.15) is 18.1 Å². The number of primary amides is 1. The molecular weight excluding hydrogens is 218 g/mol. The minimum absolute atomic E-state index is 0.258. The standard InChI is InChI=1S/C12H13N3O2/c13-5-6-17-9-2-4-10-8(7-9)1-3-11(15-10)12(14)16/h1-4,7H,5-6,13H2,(H2,14,16). The van der Waals surface area contributed by atoms with Gasteiger partial charge in [-0.3, -0.25) is 4.79 Å². The summed E-state index contributed by atoms with van der Waals surface area (Å²) in [5.41, 5.74) is 11.5. The quantitative estimate of drug-likeness (QED) is 0.809. The minimum Gasteiger partial charge on any atom is -0.492 e. The first-order chi connectivity index (χ1) is 8.20. The van der Waals surface area contributed by atoms with E-state index in [0.29, 0.717) is 18.7 Å². The van der Waals surface area contributed by atoms with Crippen molar-refractivity contribution in [3.05, 3.63) is 36.0 Å². The molecule has 0 atom stereocenters. The van der Waals surface area contributed by atoms with Crippen molar-refractivity contribution in [2.45, 2.75) is 0 Å². The van der Waals surface area contributed by atoms with Crippen LogP contribution >= 0.6 is 0 Å². The molecule has 1 amide bonds. The Morgan fingerprint density at radius 3 is 2.82 bits per heavy atom. The van der Waals surface area contributed by atoms with Gasteiger partial charge in [-0.2, -0.15) is 0 Å². The van der Waals surface area contributed by atoms with Crippen LogP contribution in [0.4, 0.5) is 0 Å². The molecule has 5 nitrogen and oxygen atoms in total. The second-order valence-corrected chi connectivity index (χ2v) is 3.55. The van der Waals surface area contributed by atoms with Gasteiger partial charge >= 0.3 is 0 Å². The fourth-order valence-electron chi connectivity index (χ4n) is 1.51. The Labute approximate surface area is 98.4 Å². The third-order valence-corrected chi connectivity index (χ3v) is 2.30. The second kappa shape index (κ2) is 4.80. The number of carbonyl (C=O) groups is 1. The maximum absolute atomic E-state index is 11.0. The fourth-order valence-corrected chi connectivity index (χ4v) is 1.51. The third kappa shape index (κ3) is 2.51. The summed E-state index contributed by atoms with van der Waals surface area (Å²) in [4.78, 5) is 15.1. The highest BCUT2D eigenvalue weighted by Gasteiger charge is 2.04. The predicted octanol–water partition coefficient (Wildman–Crippen LogP) is 0.671. The largest absolute Gasteiger partial charge is 0.492 e. The molecule has 17 heavy (non-hydrogen) atoms. The van der Waals surface area contributed by atoms with Crippen LogP contribution in [0.25, 0.3) is 10.9 Å². The van der Waals surface area contributed by atoms with Crippen LogP contribution in [0.5, 0.6) is 5.75 Å². The van der Waals surface area contributed by atoms with Crippen LogP contribution < -0.4 is 16.2 Å². The SMILES string of the molecule is NCCOc1ccc2nc(C(N)=O)ccc2c1. The van der Waals surface area contributed by atoms with Gasteiger partial charge in [0.25, 0.3) is 5.91 Å². The first kappa shape index (κ1) is 11.3. The number of carbonyl (C=O) groups excluding carboxylic acids is 1. The zero-order valence-electron chi connectivity index (χ0n) is 9.22. The number of pyridine rings is 1. The molecule has 1 aromatic carbocycles. The predicted molar refractivity (Wildman–Crippen MR) is 64.8 cm³/mol. The molecule has 2 aromatic rings. The summed E-state index contributed by atoms with van der Waals surface area (Å²) < 4.78 is 5.40. The lowest BCUT2D eigenvalue weighted by Crippen LogP contribution is -2.12. The molecule has 0 aliphatic carbocycles. The summed E-state index contributed by atoms with van der Waals surface area (Å²) in [6.45, 7) is 0.940. The Hall–Kier alpha value is -2.14. The molecule has 88 valence electrons. The van der Waals surface area contributed by atoms with Gasteiger partial charge in [-0.15, -0.1) is 0 Å². The van der Waals surface area contributed by atoms with Crippen LogP contribution in [0.3, 0.4) is 0 Å². The fraction of sp³-hybridized carbons (Fsp3) is 0.167. The Kier molecular flexibility index (Phi) is 3.20. The number of ether oxygens (including phenoxy) is 1. The molecule has 0 unspecified atom stereocenters. The van der Waals surface area contributed by atoms with E-state index >= 15 is 0 Å². The summed E-state index contributed by atoms with van der Waals surface area (Å²) in [5.74, 6) is 0.201. The summed E-state index contributed by atoms with van der Waals surface area (Å²) in [6.07, 6.45) is 0. The van der Waals surface area contributed by atoms with E-state index in [1.54, 1.807) is 24.3 Å². The molecule has 0 saturated carbocycles. The Morgan fingerprint density at radius 2 is 2.12 bits per heavy atom. The Balaban J connectivity index is 2.36. The molecule has 1 aromatic heterocycles. The van der Waals surface area contributed by atoms with Crippen LogP contribution in [0.15, 0.2) is 30.3 Å². The molecule has 0 saturated heterocycles. The van der Waals surface area contributed by atoms with Gasteiger partial charge in [0.15, 0.2) is 0 Å². The number of nitrogens with two attached hydrogens (primary N) is 2. The highest BCUT2D eigenvalue weighted by Crippen LogP contribution is 2.19. The summed E-state index contributed by atoms with van der Waals surface area (Å²) >= 11 is 0. The number of aromatic nitrogens is 1. The van der Waals surface area contributed by atoms with Crippen LogP contribution in [0.1, 0.15) is 10.5 Å². The van der Waals surface area contributed by atoms with Gasteiger partial charge < -0.3 is 16.2 Å². The van der Waals surface area contributed by atoms with Crippen molar-refractivity contribution in [2.75, 3.05) is 13.2 Å². The Morgan fingerprint density at radius 1 is 1.29 bits per heavy atom. The van der Waals surface area contributed by atoms with Gasteiger partial charge in [0.05, 0.1) is 5.52 Å². The zero-order chi connectivity index (χ0) is 12.3. The van der Waals surface area contributed by atoms with Crippen LogP contribution in [-0.2, 0) is 0 Å². The van der Waals surface area contributed by atoms with E-state index < -0.39 is 5.91 Å². The molecule has 0 spiro atoms. The van der Waals surface area contributed by atoms with E-state index in [1.165, 1.54) is 0 Å². The molecule has 0 fully saturated rings. The topological polar surface area (TPSA) is 91.2 Å². The van der Waals surface area contributed by atoms with E-state index in [9.17, 15) is 4.79 Å². The maximum atomic E-state index is 11.0. The van der Waals surface area contributed by atoms with Gasteiger partial charge in [0.2, 0.25) is 0 Å². The molecule has 5 heteroatoms. The first-order valence-corrected chi connectivity index (χ1v) is 5.24. The van der Waals surface area contributed by atoms with Crippen molar-refractivity contribution < 1.29 is 9.53 Å². The average molecular weight is 231 g/mol. The highest BCUT2D eigenvalue weighted by molar-refractivity contribution is 5.93. The monoisotopic (exact) mass is 231 g/mol. The maximum Gasteiger partial charge on any atom is 0.267 e. The molecular formula is C12H13N3O2. The highest BCUT2D eigenvalue weighted by atomic mass is 16.5. The number of nitrogens with zero attached hydrogens (tertiary/aromatic N) is 1. The van der Waals surface area contributed by atoms with Crippen LogP contribution in [-0.4, -0.2) is 24.0 Å². The normalized spacial score (nSPS) is 10.4. The van der Waals surface area contributed by atoms with Crippen LogP contribution in [0, 0.1) is 0 Å². The van der Waals surface area contributed by atoms with Crippen molar-refractivity contribution in [2.24, 2.45) is 11.5 Å². The molecule has 0 bridgehead atoms. The summed E-state index contributed by atoms with van der Waals surface area (Å²) in [5, 5.41) is 0.893. The molecule has 2 rings (SSSR count). The summed E-state index contributed by atoms with van der Waals surface area (Å²) in [7, 11) is 0. The lowest BCUT2D eigenvalue weighted by molar-refractivity contribution is 0.0996. The van der Waals surface area contributed by atoms with E-state index in [0.717, 1.165) is 11.1 Å². The van der Waals surface area contributed by atoms with Gasteiger partial charge in [-0.05, 0) is 24.3 Å². The van der Waals surface area contributed by atoms with Crippen molar-refractivity contribution in [3.63, 3.8) is 0 Å². The average Bonchev–Trinajstić information content (AvgIpc) is 2.35. The van der Waals surface area contributed by atoms with E-state index in [-0.39, 0.29) is 5.69 Å². The Bertz CT molecular complexity index is 554. The van der Waals surface area contributed by atoms with Gasteiger partial charge in [-0.1, -0.05) is 6.07 Å². The molecule has 0 aliphatic heterocycles. The molecule has 0 aliphatic rings. The third-order valence-electron chi connectivity index (χ3n) is 2.30. The number of fused-ring (bicyclic) bond motifs is 1. The number of amides is 1. The van der Waals surface area contributed by atoms with Gasteiger partial charge in [0, 0.05) is 11.9 Å². The summed E-state index contributed by atoms with van der Waals surface area (Å²) in [6, 6.07) is 8.81. The lowest BCUT2D eigenvalue weighted by Gasteiger charge is -2.05.